The van der Waals surface area contributed by atoms with E-state index in [0.717, 1.165) is 10.8 Å². The third kappa shape index (κ3) is 4.41. The van der Waals surface area contributed by atoms with Crippen LogP contribution in [0.1, 0.15) is 12.5 Å². The standard InChI is InChI=1S/C24H20N4O6S/c1-2-35(31,32)17-8-6-16(7-9-17)34-21-12-20-19(26-23(27-20)18-5-3-4-10-25-18)11-15(21)13-28-22(29)14-33-24(28)30/h3-12,14,29H,2,13H2,1H3,(H,26,27). The minimum absolute atomic E-state index is 0.00523. The Labute approximate surface area is 199 Å². The molecule has 0 spiro atoms. The maximum absolute atomic E-state index is 12.1. The lowest BCUT2D eigenvalue weighted by molar-refractivity contribution is 0.418. The summed E-state index contributed by atoms with van der Waals surface area (Å²) in [4.78, 5) is 24.4. The SMILES string of the molecule is CCS(=O)(=O)c1ccc(Oc2cc3nc(-c4ccccn4)[nH]c3cc2Cn2c(O)coc2=O)cc1. The van der Waals surface area contributed by atoms with E-state index in [0.29, 0.717) is 39.6 Å². The molecule has 0 aliphatic rings. The molecule has 0 bridgehead atoms. The van der Waals surface area contributed by atoms with E-state index < -0.39 is 15.6 Å². The zero-order chi connectivity index (χ0) is 24.6. The fraction of sp³-hybridized carbons (Fsp3) is 0.125. The first-order valence-corrected chi connectivity index (χ1v) is 12.3. The Morgan fingerprint density at radius 1 is 1.14 bits per heavy atom. The number of H-pyrrole nitrogens is 1. The lowest BCUT2D eigenvalue weighted by Gasteiger charge is -2.12. The van der Waals surface area contributed by atoms with Gasteiger partial charge in [-0.05, 0) is 42.5 Å². The number of oxazole rings is 1. The van der Waals surface area contributed by atoms with Gasteiger partial charge in [-0.1, -0.05) is 13.0 Å². The zero-order valence-electron chi connectivity index (χ0n) is 18.5. The number of nitrogens with zero attached hydrogens (tertiary/aromatic N) is 3. The first-order valence-electron chi connectivity index (χ1n) is 10.7. The van der Waals surface area contributed by atoms with Gasteiger partial charge >= 0.3 is 5.76 Å². The Hall–Kier alpha value is -4.38. The third-order valence-corrected chi connectivity index (χ3v) is 7.20. The first kappa shape index (κ1) is 22.4. The van der Waals surface area contributed by atoms with Crippen molar-refractivity contribution in [2.75, 3.05) is 5.75 Å². The van der Waals surface area contributed by atoms with Gasteiger partial charge in [0.2, 0.25) is 5.88 Å². The summed E-state index contributed by atoms with van der Waals surface area (Å²) in [6.07, 6.45) is 2.63. The molecule has 11 heteroatoms. The molecule has 35 heavy (non-hydrogen) atoms. The minimum atomic E-state index is -3.34. The predicted molar refractivity (Wildman–Crippen MR) is 127 cm³/mol. The monoisotopic (exact) mass is 492 g/mol. The number of aromatic hydroxyl groups is 1. The first-order chi connectivity index (χ1) is 16.8. The summed E-state index contributed by atoms with van der Waals surface area (Å²) in [5.74, 6) is 0.269. The number of rotatable bonds is 7. The molecule has 2 aromatic carbocycles. The van der Waals surface area contributed by atoms with Gasteiger partial charge in [0.05, 0.1) is 28.2 Å². The van der Waals surface area contributed by atoms with Crippen LogP contribution in [0.15, 0.2) is 81.2 Å². The smallest absolute Gasteiger partial charge is 0.422 e. The topological polar surface area (TPSA) is 140 Å². The highest BCUT2D eigenvalue weighted by atomic mass is 32.2. The van der Waals surface area contributed by atoms with E-state index in [-0.39, 0.29) is 23.1 Å². The van der Waals surface area contributed by atoms with Crippen LogP contribution >= 0.6 is 0 Å². The second-order valence-electron chi connectivity index (χ2n) is 7.70. The summed E-state index contributed by atoms with van der Waals surface area (Å²) < 4.78 is 36.1. The van der Waals surface area contributed by atoms with Crippen LogP contribution in [0.5, 0.6) is 17.4 Å². The van der Waals surface area contributed by atoms with Gasteiger partial charge in [-0.15, -0.1) is 0 Å². The molecule has 0 atom stereocenters. The highest BCUT2D eigenvalue weighted by Crippen LogP contribution is 2.32. The van der Waals surface area contributed by atoms with Crippen molar-refractivity contribution in [2.24, 2.45) is 0 Å². The van der Waals surface area contributed by atoms with Crippen LogP contribution in [-0.2, 0) is 16.4 Å². The van der Waals surface area contributed by atoms with E-state index in [9.17, 15) is 18.3 Å². The molecule has 0 aliphatic heterocycles. The Morgan fingerprint density at radius 3 is 2.60 bits per heavy atom. The lowest BCUT2D eigenvalue weighted by Crippen LogP contribution is -2.15. The largest absolute Gasteiger partial charge is 0.492 e. The van der Waals surface area contributed by atoms with Crippen LogP contribution in [0, 0.1) is 0 Å². The highest BCUT2D eigenvalue weighted by Gasteiger charge is 2.17. The van der Waals surface area contributed by atoms with Crippen molar-refractivity contribution in [3.63, 3.8) is 0 Å². The number of hydrogen-bond acceptors (Lipinski definition) is 8. The number of aromatic amines is 1. The van der Waals surface area contributed by atoms with Crippen LogP contribution in [0.25, 0.3) is 22.6 Å². The number of pyridine rings is 1. The summed E-state index contributed by atoms with van der Waals surface area (Å²) >= 11 is 0. The van der Waals surface area contributed by atoms with E-state index >= 15 is 0 Å². The van der Waals surface area contributed by atoms with Crippen molar-refractivity contribution >= 4 is 20.9 Å². The fourth-order valence-electron chi connectivity index (χ4n) is 3.57. The van der Waals surface area contributed by atoms with Crippen LogP contribution in [0.3, 0.4) is 0 Å². The number of aromatic nitrogens is 4. The van der Waals surface area contributed by atoms with Crippen molar-refractivity contribution in [2.45, 2.75) is 18.4 Å². The summed E-state index contributed by atoms with van der Waals surface area (Å²) in [6.45, 7) is 1.55. The molecule has 178 valence electrons. The number of hydrogen-bond donors (Lipinski definition) is 2. The van der Waals surface area contributed by atoms with E-state index in [1.54, 1.807) is 37.4 Å². The molecular formula is C24H20N4O6S. The summed E-state index contributed by atoms with van der Waals surface area (Å²) in [5, 5.41) is 10.0. The molecule has 0 aliphatic carbocycles. The fourth-order valence-corrected chi connectivity index (χ4v) is 4.46. The predicted octanol–water partition coefficient (Wildman–Crippen LogP) is 3.72. The Balaban J connectivity index is 1.57. The molecule has 3 aromatic heterocycles. The van der Waals surface area contributed by atoms with Crippen LogP contribution in [0.2, 0.25) is 0 Å². The average Bonchev–Trinajstić information content (AvgIpc) is 3.43. The van der Waals surface area contributed by atoms with Gasteiger partial charge in [-0.3, -0.25) is 4.98 Å². The Bertz CT molecular complexity index is 1670. The third-order valence-electron chi connectivity index (χ3n) is 5.45. The Morgan fingerprint density at radius 2 is 1.94 bits per heavy atom. The van der Waals surface area contributed by atoms with E-state index in [4.69, 9.17) is 9.15 Å². The van der Waals surface area contributed by atoms with Gasteiger partial charge in [0.1, 0.15) is 17.2 Å². The summed E-state index contributed by atoms with van der Waals surface area (Å²) in [6, 6.07) is 15.0. The summed E-state index contributed by atoms with van der Waals surface area (Å²) in [7, 11) is -3.34. The summed E-state index contributed by atoms with van der Waals surface area (Å²) in [5.41, 5.74) is 2.48. The molecule has 0 saturated heterocycles. The molecule has 0 radical (unpaired) electrons. The van der Waals surface area contributed by atoms with Gasteiger partial charge in [0, 0.05) is 17.8 Å². The van der Waals surface area contributed by atoms with Crippen molar-refractivity contribution < 1.29 is 22.7 Å². The highest BCUT2D eigenvalue weighted by molar-refractivity contribution is 7.91. The average molecular weight is 493 g/mol. The lowest BCUT2D eigenvalue weighted by atomic mass is 10.1. The van der Waals surface area contributed by atoms with Crippen LogP contribution < -0.4 is 10.5 Å². The van der Waals surface area contributed by atoms with Gasteiger partial charge in [-0.25, -0.2) is 22.8 Å². The number of ether oxygens (including phenoxy) is 1. The molecule has 5 rings (SSSR count). The van der Waals surface area contributed by atoms with Gasteiger partial charge in [-0.2, -0.15) is 0 Å². The van der Waals surface area contributed by atoms with Crippen molar-refractivity contribution in [3.05, 3.63) is 83.2 Å². The van der Waals surface area contributed by atoms with Crippen molar-refractivity contribution in [3.8, 4) is 28.9 Å². The molecule has 10 nitrogen and oxygen atoms in total. The molecular weight excluding hydrogens is 472 g/mol. The minimum Gasteiger partial charge on any atom is -0.492 e. The number of nitrogens with one attached hydrogen (secondary N) is 1. The quantitative estimate of drug-likeness (QED) is 0.350. The molecule has 0 amide bonds. The molecule has 5 aromatic rings. The van der Waals surface area contributed by atoms with E-state index in [2.05, 4.69) is 15.0 Å². The number of sulfone groups is 1. The second-order valence-corrected chi connectivity index (χ2v) is 9.98. The maximum Gasteiger partial charge on any atom is 0.422 e. The number of fused-ring (bicyclic) bond motifs is 1. The molecule has 3 heterocycles. The van der Waals surface area contributed by atoms with Gasteiger partial charge < -0.3 is 19.2 Å². The second kappa shape index (κ2) is 8.76. The van der Waals surface area contributed by atoms with Crippen molar-refractivity contribution in [1.82, 2.24) is 19.5 Å². The van der Waals surface area contributed by atoms with Crippen LogP contribution in [-0.4, -0.2) is 38.8 Å². The maximum atomic E-state index is 12.1. The van der Waals surface area contributed by atoms with Gasteiger partial charge in [0.25, 0.3) is 0 Å². The number of benzene rings is 2. The van der Waals surface area contributed by atoms with E-state index in [1.165, 1.54) is 12.1 Å². The normalized spacial score (nSPS) is 11.7. The molecule has 0 saturated carbocycles. The van der Waals surface area contributed by atoms with Crippen molar-refractivity contribution in [1.29, 1.82) is 0 Å². The number of imidazole rings is 1. The molecule has 2 N–H and O–H groups in total. The van der Waals surface area contributed by atoms with Crippen LogP contribution in [0.4, 0.5) is 0 Å². The van der Waals surface area contributed by atoms with E-state index in [1.807, 2.05) is 18.2 Å². The zero-order valence-corrected chi connectivity index (χ0v) is 19.3. The molecule has 0 unspecified atom stereocenters. The van der Waals surface area contributed by atoms with Gasteiger partial charge in [0.15, 0.2) is 21.9 Å². The Kier molecular flexibility index (Phi) is 5.61. The molecule has 0 fully saturated rings.